The molecule has 13 heavy (non-hydrogen) atoms. The summed E-state index contributed by atoms with van der Waals surface area (Å²) < 4.78 is 30.8. The highest BCUT2D eigenvalue weighted by molar-refractivity contribution is 5.58. The molecule has 0 aromatic heterocycles. The Morgan fingerprint density at radius 3 is 1.54 bits per heavy atom. The van der Waals surface area contributed by atoms with Crippen LogP contribution in [-0.2, 0) is 9.47 Å². The summed E-state index contributed by atoms with van der Waals surface area (Å²) in [7, 11) is 0. The summed E-state index contributed by atoms with van der Waals surface area (Å²) in [6, 6.07) is 0. The molecule has 76 valence electrons. The van der Waals surface area contributed by atoms with Crippen LogP contribution in [0, 0.1) is 0 Å². The number of halogens is 2. The molecule has 0 fully saturated rings. The zero-order valence-electron chi connectivity index (χ0n) is 6.92. The number of hydrogen-bond acceptors (Lipinski definition) is 4. The lowest BCUT2D eigenvalue weighted by atomic mass is 10.2. The number of carbonyl (C=O) groups is 2. The molecule has 0 atom stereocenters. The van der Waals surface area contributed by atoms with Crippen molar-refractivity contribution >= 4 is 12.4 Å². The summed E-state index contributed by atoms with van der Waals surface area (Å²) in [5.74, 6) is 0. The first-order chi connectivity index (χ1) is 6.13. The molecule has 0 saturated heterocycles. The fourth-order valence-corrected chi connectivity index (χ4v) is 0.686. The van der Waals surface area contributed by atoms with Crippen molar-refractivity contribution in [3.63, 3.8) is 0 Å². The maximum atomic E-state index is 11.4. The monoisotopic (exact) mass is 196 g/mol. The van der Waals surface area contributed by atoms with Gasteiger partial charge in [-0.2, -0.15) is 0 Å². The average Bonchev–Trinajstić information content (AvgIpc) is 2.01. The highest BCUT2D eigenvalue weighted by Gasteiger charge is 1.98. The molecule has 0 radical (unpaired) electrons. The van der Waals surface area contributed by atoms with Crippen molar-refractivity contribution in [3.05, 3.63) is 0 Å². The smallest absolute Gasteiger partial charge is 0.440 e. The quantitative estimate of drug-likeness (QED) is 0.483. The Balaban J connectivity index is 3.00. The number of hydrogen-bond donors (Lipinski definition) is 0. The fourth-order valence-electron chi connectivity index (χ4n) is 0.686. The average molecular weight is 196 g/mol. The van der Waals surface area contributed by atoms with Crippen molar-refractivity contribution in [2.75, 3.05) is 13.2 Å². The van der Waals surface area contributed by atoms with E-state index in [1.807, 2.05) is 0 Å². The Morgan fingerprint density at radius 2 is 1.23 bits per heavy atom. The maximum absolute atomic E-state index is 11.4. The largest absolute Gasteiger partial charge is 0.495 e. The highest BCUT2D eigenvalue weighted by atomic mass is 19.2. The minimum Gasteiger partial charge on any atom is -0.440 e. The number of carbonyl (C=O) groups excluding carboxylic acids is 2. The van der Waals surface area contributed by atoms with Crippen molar-refractivity contribution < 1.29 is 27.8 Å². The van der Waals surface area contributed by atoms with E-state index in [0.29, 0.717) is 19.3 Å². The van der Waals surface area contributed by atoms with Gasteiger partial charge in [-0.15, -0.1) is 8.78 Å². The molecule has 4 nitrogen and oxygen atoms in total. The lowest BCUT2D eigenvalue weighted by molar-refractivity contribution is 0.112. The third-order valence-corrected chi connectivity index (χ3v) is 1.22. The van der Waals surface area contributed by atoms with Crippen LogP contribution in [0.4, 0.5) is 18.4 Å². The van der Waals surface area contributed by atoms with E-state index in [0.717, 1.165) is 0 Å². The molecule has 0 bridgehead atoms. The Hall–Kier alpha value is -1.20. The zero-order chi connectivity index (χ0) is 10.1. The summed E-state index contributed by atoms with van der Waals surface area (Å²) in [4.78, 5) is 19.2. The predicted molar refractivity (Wildman–Crippen MR) is 38.8 cm³/mol. The molecular weight excluding hydrogens is 186 g/mol. The standard InChI is InChI=1S/C7H10F2O4/c8-6(10)12-4-2-1-3-5-13-7(9)11/h1-5H2. The minimum atomic E-state index is -1.81. The summed E-state index contributed by atoms with van der Waals surface area (Å²) in [6.07, 6.45) is -2.13. The number of rotatable bonds is 6. The van der Waals surface area contributed by atoms with Gasteiger partial charge >= 0.3 is 12.4 Å². The van der Waals surface area contributed by atoms with Gasteiger partial charge in [0.25, 0.3) is 0 Å². The van der Waals surface area contributed by atoms with Gasteiger partial charge < -0.3 is 9.47 Å². The van der Waals surface area contributed by atoms with Crippen LogP contribution in [0.25, 0.3) is 0 Å². The van der Waals surface area contributed by atoms with Crippen molar-refractivity contribution in [2.45, 2.75) is 19.3 Å². The molecule has 0 aromatic rings. The molecule has 0 rings (SSSR count). The van der Waals surface area contributed by atoms with E-state index < -0.39 is 12.4 Å². The molecule has 0 heterocycles. The van der Waals surface area contributed by atoms with Gasteiger partial charge in [0.2, 0.25) is 0 Å². The van der Waals surface area contributed by atoms with E-state index >= 15 is 0 Å². The van der Waals surface area contributed by atoms with Crippen molar-refractivity contribution in [1.29, 1.82) is 0 Å². The molecule has 0 aliphatic rings. The summed E-state index contributed by atoms with van der Waals surface area (Å²) >= 11 is 0. The molecule has 0 aliphatic carbocycles. The molecule has 6 heteroatoms. The van der Waals surface area contributed by atoms with Crippen LogP contribution in [0.2, 0.25) is 0 Å². The van der Waals surface area contributed by atoms with Crippen LogP contribution >= 0.6 is 0 Å². The third-order valence-electron chi connectivity index (χ3n) is 1.22. The van der Waals surface area contributed by atoms with Gasteiger partial charge in [0.15, 0.2) is 0 Å². The summed E-state index contributed by atoms with van der Waals surface area (Å²) in [6.45, 7) is -0.0300. The molecule has 0 aromatic carbocycles. The van der Waals surface area contributed by atoms with Crippen LogP contribution in [0.15, 0.2) is 0 Å². The number of unbranched alkanes of at least 4 members (excludes halogenated alkanes) is 2. The van der Waals surface area contributed by atoms with Gasteiger partial charge in [-0.05, 0) is 19.3 Å². The SMILES string of the molecule is O=C(F)OCCCCCOC(=O)F. The van der Waals surface area contributed by atoms with E-state index in [2.05, 4.69) is 9.47 Å². The van der Waals surface area contributed by atoms with Crippen LogP contribution < -0.4 is 0 Å². The van der Waals surface area contributed by atoms with Crippen LogP contribution in [0.3, 0.4) is 0 Å². The van der Waals surface area contributed by atoms with Gasteiger partial charge in [0.05, 0.1) is 13.2 Å². The van der Waals surface area contributed by atoms with Gasteiger partial charge in [-0.1, -0.05) is 0 Å². The van der Waals surface area contributed by atoms with Crippen molar-refractivity contribution in [3.8, 4) is 0 Å². The van der Waals surface area contributed by atoms with E-state index in [1.165, 1.54) is 0 Å². The van der Waals surface area contributed by atoms with Crippen molar-refractivity contribution in [2.24, 2.45) is 0 Å². The molecule has 0 N–H and O–H groups in total. The van der Waals surface area contributed by atoms with Crippen LogP contribution in [-0.4, -0.2) is 25.7 Å². The Labute approximate surface area is 73.8 Å². The minimum absolute atomic E-state index is 0.0150. The Morgan fingerprint density at radius 1 is 0.846 bits per heavy atom. The van der Waals surface area contributed by atoms with Gasteiger partial charge in [-0.25, -0.2) is 9.59 Å². The van der Waals surface area contributed by atoms with Crippen LogP contribution in [0.5, 0.6) is 0 Å². The van der Waals surface area contributed by atoms with Gasteiger partial charge in [0, 0.05) is 0 Å². The molecule has 0 amide bonds. The second-order valence-corrected chi connectivity index (χ2v) is 2.23. The van der Waals surface area contributed by atoms with Gasteiger partial charge in [0.1, 0.15) is 0 Å². The topological polar surface area (TPSA) is 52.6 Å². The first kappa shape index (κ1) is 11.8. The first-order valence-electron chi connectivity index (χ1n) is 3.77. The normalized spacial score (nSPS) is 9.38. The summed E-state index contributed by atoms with van der Waals surface area (Å²) in [5.41, 5.74) is 0. The van der Waals surface area contributed by atoms with Crippen LogP contribution in [0.1, 0.15) is 19.3 Å². The third kappa shape index (κ3) is 10.8. The van der Waals surface area contributed by atoms with E-state index in [-0.39, 0.29) is 13.2 Å². The first-order valence-corrected chi connectivity index (χ1v) is 3.77. The second kappa shape index (κ2) is 7.45. The van der Waals surface area contributed by atoms with Gasteiger partial charge in [-0.3, -0.25) is 0 Å². The summed E-state index contributed by atoms with van der Waals surface area (Å²) in [5, 5.41) is 0. The molecule has 0 unspecified atom stereocenters. The zero-order valence-corrected chi connectivity index (χ0v) is 6.92. The van der Waals surface area contributed by atoms with Crippen molar-refractivity contribution in [1.82, 2.24) is 0 Å². The molecular formula is C7H10F2O4. The fraction of sp³-hybridized carbons (Fsp3) is 0.714. The maximum Gasteiger partial charge on any atom is 0.495 e. The highest BCUT2D eigenvalue weighted by Crippen LogP contribution is 1.98. The Bertz CT molecular complexity index is 154. The van der Waals surface area contributed by atoms with E-state index in [9.17, 15) is 18.4 Å². The molecule has 0 aliphatic heterocycles. The lowest BCUT2D eigenvalue weighted by Gasteiger charge is -2.00. The molecule has 0 saturated carbocycles. The van der Waals surface area contributed by atoms with E-state index in [4.69, 9.17) is 0 Å². The number of ether oxygens (including phenoxy) is 2. The Kier molecular flexibility index (Phi) is 6.76. The lowest BCUT2D eigenvalue weighted by Crippen LogP contribution is -2.00. The second-order valence-electron chi connectivity index (χ2n) is 2.23. The van der Waals surface area contributed by atoms with E-state index in [1.54, 1.807) is 0 Å². The molecule has 0 spiro atoms. The predicted octanol–water partition coefficient (Wildman–Crippen LogP) is 2.37.